The van der Waals surface area contributed by atoms with Gasteiger partial charge in [0, 0.05) is 44.4 Å². The Labute approximate surface area is 194 Å². The Hall–Kier alpha value is -2.93. The third-order valence-corrected chi connectivity index (χ3v) is 5.91. The normalized spacial score (nSPS) is 22.1. The Morgan fingerprint density at radius 1 is 1.38 bits per heavy atom. The number of methoxy groups -OCH3 is 1. The van der Waals surface area contributed by atoms with Gasteiger partial charge >= 0.3 is 13.3 Å². The molecule has 13 nitrogen and oxygen atoms in total. The topological polar surface area (TPSA) is 180 Å². The van der Waals surface area contributed by atoms with Crippen molar-refractivity contribution in [3.8, 4) is 22.8 Å². The van der Waals surface area contributed by atoms with E-state index in [0.717, 1.165) is 16.8 Å². The smallest absolute Gasteiger partial charge is 0.349 e. The van der Waals surface area contributed by atoms with Gasteiger partial charge in [0.05, 0.1) is 24.6 Å². The first-order valence-corrected chi connectivity index (χ1v) is 12.4. The maximum atomic E-state index is 12.5. The minimum atomic E-state index is -3.82. The molecule has 3 heterocycles. The second-order valence-electron chi connectivity index (χ2n) is 7.84. The van der Waals surface area contributed by atoms with E-state index in [1.807, 2.05) is 24.3 Å². The second-order valence-corrected chi connectivity index (χ2v) is 9.66. The van der Waals surface area contributed by atoms with E-state index in [4.69, 9.17) is 19.7 Å². The highest BCUT2D eigenvalue weighted by atomic mass is 31.2. The largest absolute Gasteiger partial charge is 0.858 e. The minimum Gasteiger partial charge on any atom is -0.858 e. The van der Waals surface area contributed by atoms with E-state index < -0.39 is 37.6 Å². The molecule has 4 unspecified atom stereocenters. The molecular weight excluding hydrogens is 467 g/mol. The van der Waals surface area contributed by atoms with E-state index >= 15 is 0 Å². The second kappa shape index (κ2) is 9.74. The number of nitrogens with two attached hydrogens (primary N) is 1. The maximum absolute atomic E-state index is 12.5. The molecule has 1 fully saturated rings. The Morgan fingerprint density at radius 3 is 2.88 bits per heavy atom. The first kappa shape index (κ1) is 24.2. The third kappa shape index (κ3) is 5.25. The lowest BCUT2D eigenvalue weighted by Gasteiger charge is -2.19. The van der Waals surface area contributed by atoms with E-state index in [1.54, 1.807) is 0 Å². The van der Waals surface area contributed by atoms with Crippen LogP contribution in [0.2, 0.25) is 0 Å². The summed E-state index contributed by atoms with van der Waals surface area (Å²) in [6.07, 6.45) is 0.509. The fraction of sp³-hybridized carbons (Fsp3) is 0.400. The summed E-state index contributed by atoms with van der Waals surface area (Å²) in [6, 6.07) is 7.35. The summed E-state index contributed by atoms with van der Waals surface area (Å²) in [5.74, 6) is -0.767. The molecule has 2 aromatic heterocycles. The van der Waals surface area contributed by atoms with Crippen molar-refractivity contribution in [1.82, 2.24) is 24.5 Å². The lowest BCUT2D eigenvalue weighted by Crippen LogP contribution is -2.29. The first-order chi connectivity index (χ1) is 16.2. The fourth-order valence-electron chi connectivity index (χ4n) is 3.72. The number of nitrogens with zero attached hydrogens (tertiary/aromatic N) is 5. The van der Waals surface area contributed by atoms with Crippen molar-refractivity contribution in [3.05, 3.63) is 52.7 Å². The zero-order valence-corrected chi connectivity index (χ0v) is 19.4. The van der Waals surface area contributed by atoms with Crippen molar-refractivity contribution in [2.24, 2.45) is 5.73 Å². The van der Waals surface area contributed by atoms with Gasteiger partial charge in [-0.3, -0.25) is 9.13 Å². The zero-order valence-electron chi connectivity index (χ0n) is 18.5. The molecule has 1 aliphatic heterocycles. The molecule has 3 aromatic rings. The van der Waals surface area contributed by atoms with Crippen LogP contribution in [0.25, 0.3) is 16.9 Å². The minimum absolute atomic E-state index is 0.0420. The number of rotatable bonds is 8. The van der Waals surface area contributed by atoms with Crippen molar-refractivity contribution < 1.29 is 28.6 Å². The lowest BCUT2D eigenvalue weighted by atomic mass is 10.2. The molecule has 0 radical (unpaired) electrons. The van der Waals surface area contributed by atoms with E-state index in [2.05, 4.69) is 15.3 Å². The Morgan fingerprint density at radius 2 is 2.18 bits per heavy atom. The molecule has 1 aromatic carbocycles. The summed E-state index contributed by atoms with van der Waals surface area (Å²) >= 11 is 0. The Bertz CT molecular complexity index is 1270. The van der Waals surface area contributed by atoms with E-state index in [0.29, 0.717) is 12.2 Å². The summed E-state index contributed by atoms with van der Waals surface area (Å²) in [4.78, 5) is 25.7. The fourth-order valence-corrected chi connectivity index (χ4v) is 4.45. The number of hydrogen-bond acceptors (Lipinski definition) is 10. The molecule has 1 aliphatic rings. The summed E-state index contributed by atoms with van der Waals surface area (Å²) in [7, 11) is -2.37. The molecule has 4 rings (SSSR count). The van der Waals surface area contributed by atoms with E-state index in [-0.39, 0.29) is 24.3 Å². The van der Waals surface area contributed by atoms with Gasteiger partial charge in [-0.1, -0.05) is 17.3 Å². The van der Waals surface area contributed by atoms with Gasteiger partial charge in [-0.05, 0) is 17.7 Å². The van der Waals surface area contributed by atoms with Crippen LogP contribution in [-0.2, 0) is 25.1 Å². The SMILES string of the molecule is COCC1OC(n2cc(-c3cn(-c4cccc(CN)c4)nn3)c([O-])nc2=O)CC1OP(C)(=O)O. The number of benzene rings is 1. The Balaban J connectivity index is 1.65. The summed E-state index contributed by atoms with van der Waals surface area (Å²) < 4.78 is 30.6. The average molecular weight is 491 g/mol. The Kier molecular flexibility index (Phi) is 6.94. The van der Waals surface area contributed by atoms with Crippen LogP contribution in [0.1, 0.15) is 18.2 Å². The monoisotopic (exact) mass is 491 g/mol. The summed E-state index contributed by atoms with van der Waals surface area (Å²) in [6.45, 7) is 1.50. The molecule has 14 heteroatoms. The third-order valence-electron chi connectivity index (χ3n) is 5.25. The molecule has 182 valence electrons. The molecule has 0 aliphatic carbocycles. The van der Waals surface area contributed by atoms with Crippen LogP contribution in [0.5, 0.6) is 5.88 Å². The quantitative estimate of drug-likeness (QED) is 0.410. The summed E-state index contributed by atoms with van der Waals surface area (Å²) in [5, 5.41) is 20.6. The molecule has 1 saturated heterocycles. The molecule has 3 N–H and O–H groups in total. The average Bonchev–Trinajstić information content (AvgIpc) is 3.41. The van der Waals surface area contributed by atoms with E-state index in [1.165, 1.54) is 24.2 Å². The van der Waals surface area contributed by atoms with Crippen LogP contribution < -0.4 is 16.5 Å². The van der Waals surface area contributed by atoms with Gasteiger partial charge in [-0.25, -0.2) is 14.5 Å². The maximum Gasteiger partial charge on any atom is 0.349 e. The van der Waals surface area contributed by atoms with E-state index in [9.17, 15) is 19.4 Å². The van der Waals surface area contributed by atoms with Crippen molar-refractivity contribution in [2.75, 3.05) is 20.4 Å². The van der Waals surface area contributed by atoms with Crippen molar-refractivity contribution in [1.29, 1.82) is 0 Å². The van der Waals surface area contributed by atoms with Gasteiger partial charge < -0.3 is 29.7 Å². The van der Waals surface area contributed by atoms with Crippen LogP contribution in [-0.4, -0.2) is 62.0 Å². The highest BCUT2D eigenvalue weighted by molar-refractivity contribution is 7.51. The number of aromatic nitrogens is 5. The van der Waals surface area contributed by atoms with Gasteiger partial charge in [0.2, 0.25) is 0 Å². The van der Waals surface area contributed by atoms with Crippen LogP contribution in [0.15, 0.2) is 41.5 Å². The van der Waals surface area contributed by atoms with Gasteiger partial charge in [0.25, 0.3) is 0 Å². The van der Waals surface area contributed by atoms with Crippen molar-refractivity contribution in [2.45, 2.75) is 31.4 Å². The van der Waals surface area contributed by atoms with Crippen LogP contribution in [0.4, 0.5) is 0 Å². The van der Waals surface area contributed by atoms with Gasteiger partial charge in [0.15, 0.2) is 0 Å². The zero-order chi connectivity index (χ0) is 24.5. The standard InChI is InChI=1S/C20H25N6O7P/c1-31-11-17-16(33-34(2,29)30)7-18(32-17)25-9-14(19(27)22-20(25)28)15-10-26(24-23-15)13-5-3-4-12(6-13)8-21/h3-6,9-10,16-18H,7-8,11,21H2,1-2H3,(H,29,30)(H,22,27,28)/p-1. The van der Waals surface area contributed by atoms with Gasteiger partial charge in [-0.2, -0.15) is 0 Å². The molecule has 0 amide bonds. The van der Waals surface area contributed by atoms with Crippen molar-refractivity contribution in [3.63, 3.8) is 0 Å². The predicted octanol–water partition coefficient (Wildman–Crippen LogP) is 0.158. The lowest BCUT2D eigenvalue weighted by molar-refractivity contribution is -0.274. The summed E-state index contributed by atoms with van der Waals surface area (Å²) in [5.41, 5.74) is 6.70. The van der Waals surface area contributed by atoms with Crippen LogP contribution >= 0.6 is 7.60 Å². The molecule has 0 bridgehead atoms. The molecule has 0 saturated carbocycles. The molecular formula is C20H24N6O7P-. The first-order valence-electron chi connectivity index (χ1n) is 10.3. The highest BCUT2D eigenvalue weighted by Crippen LogP contribution is 2.44. The highest BCUT2D eigenvalue weighted by Gasteiger charge is 2.40. The molecule has 0 spiro atoms. The van der Waals surface area contributed by atoms with Crippen LogP contribution in [0.3, 0.4) is 0 Å². The number of hydrogen-bond donors (Lipinski definition) is 2. The number of ether oxygens (including phenoxy) is 2. The van der Waals surface area contributed by atoms with Crippen molar-refractivity contribution >= 4 is 7.60 Å². The van der Waals surface area contributed by atoms with Gasteiger partial charge in [0.1, 0.15) is 18.0 Å². The van der Waals surface area contributed by atoms with Gasteiger partial charge in [-0.15, -0.1) is 5.10 Å². The van der Waals surface area contributed by atoms with Crippen LogP contribution in [0, 0.1) is 0 Å². The predicted molar refractivity (Wildman–Crippen MR) is 117 cm³/mol. The molecule has 34 heavy (non-hydrogen) atoms. The molecule has 4 atom stereocenters.